The van der Waals surface area contributed by atoms with Crippen LogP contribution in [0.3, 0.4) is 0 Å². The van der Waals surface area contributed by atoms with Crippen LogP contribution >= 0.6 is 0 Å². The van der Waals surface area contributed by atoms with Gasteiger partial charge >= 0.3 is 0 Å². The van der Waals surface area contributed by atoms with Crippen LogP contribution in [-0.2, 0) is 24.5 Å². The minimum atomic E-state index is 0.775. The van der Waals surface area contributed by atoms with Crippen LogP contribution in [0, 0.1) is 0 Å². The molecule has 1 aliphatic rings. The highest BCUT2D eigenvalue weighted by Gasteiger charge is 2.26. The zero-order valence-electron chi connectivity index (χ0n) is 15.6. The van der Waals surface area contributed by atoms with Gasteiger partial charge in [-0.15, -0.1) is 0 Å². The fourth-order valence-electron chi connectivity index (χ4n) is 4.03. The number of quaternary nitrogens is 1. The number of hydrogen-bond acceptors (Lipinski definition) is 1. The van der Waals surface area contributed by atoms with Crippen LogP contribution in [0.25, 0.3) is 10.8 Å². The Morgan fingerprint density at radius 3 is 2.33 bits per heavy atom. The van der Waals surface area contributed by atoms with Gasteiger partial charge in [0.1, 0.15) is 6.54 Å². The van der Waals surface area contributed by atoms with Crippen molar-refractivity contribution < 1.29 is 9.22 Å². The van der Waals surface area contributed by atoms with Gasteiger partial charge in [-0.2, -0.15) is 0 Å². The number of hydrogen-bond donors (Lipinski definition) is 0. The monoisotopic (exact) mass is 326 g/mol. The number of fused-ring (bicyclic) bond motifs is 3. The van der Waals surface area contributed by atoms with Gasteiger partial charge in [0, 0.05) is 5.56 Å². The Morgan fingerprint density at radius 2 is 1.62 bits per heavy atom. The van der Waals surface area contributed by atoms with Crippen LogP contribution in [0.2, 0.25) is 0 Å². The molecular formula is C22H32NO+. The van der Waals surface area contributed by atoms with E-state index in [1.807, 2.05) is 0 Å². The first-order valence-corrected chi connectivity index (χ1v) is 9.60. The van der Waals surface area contributed by atoms with E-state index in [0.29, 0.717) is 0 Å². The first-order chi connectivity index (χ1) is 11.7. The lowest BCUT2D eigenvalue weighted by Crippen LogP contribution is -2.45. The molecule has 2 heteroatoms. The molecule has 0 saturated carbocycles. The zero-order valence-corrected chi connectivity index (χ0v) is 15.6. The maximum absolute atomic E-state index is 5.83. The number of unbranched alkanes of at least 4 members (excludes halogenated alkanes) is 2. The van der Waals surface area contributed by atoms with E-state index in [2.05, 4.69) is 51.2 Å². The van der Waals surface area contributed by atoms with Gasteiger partial charge in [0.15, 0.2) is 0 Å². The highest BCUT2D eigenvalue weighted by molar-refractivity contribution is 5.88. The van der Waals surface area contributed by atoms with Gasteiger partial charge in [0.2, 0.25) is 0 Å². The highest BCUT2D eigenvalue weighted by Crippen LogP contribution is 2.33. The predicted molar refractivity (Wildman–Crippen MR) is 102 cm³/mol. The Kier molecular flexibility index (Phi) is 5.57. The van der Waals surface area contributed by atoms with Crippen molar-refractivity contribution in [2.24, 2.45) is 0 Å². The van der Waals surface area contributed by atoms with Crippen molar-refractivity contribution in [2.75, 3.05) is 20.1 Å². The molecule has 0 bridgehead atoms. The second kappa shape index (κ2) is 7.67. The molecule has 1 heterocycles. The maximum Gasteiger partial charge on any atom is 0.105 e. The summed E-state index contributed by atoms with van der Waals surface area (Å²) in [5.74, 6) is 0. The molecule has 0 saturated heterocycles. The van der Waals surface area contributed by atoms with Crippen molar-refractivity contribution in [1.82, 2.24) is 0 Å². The first-order valence-electron chi connectivity index (χ1n) is 9.60. The minimum Gasteiger partial charge on any atom is -0.372 e. The van der Waals surface area contributed by atoms with Gasteiger partial charge in [-0.05, 0) is 40.8 Å². The predicted octanol–water partition coefficient (Wildman–Crippen LogP) is 5.42. The molecule has 0 aromatic heterocycles. The van der Waals surface area contributed by atoms with E-state index in [1.165, 1.54) is 66.2 Å². The molecule has 0 fully saturated rings. The average Bonchev–Trinajstić information content (AvgIpc) is 3.09. The molecule has 1 aliphatic heterocycles. The molecule has 0 amide bonds. The van der Waals surface area contributed by atoms with Gasteiger partial charge in [0.05, 0.1) is 33.4 Å². The molecular weight excluding hydrogens is 294 g/mol. The lowest BCUT2D eigenvalue weighted by atomic mass is 9.95. The lowest BCUT2D eigenvalue weighted by Gasteiger charge is -2.35. The molecule has 0 atom stereocenters. The summed E-state index contributed by atoms with van der Waals surface area (Å²) in [5, 5.41) is 2.75. The standard InChI is InChI=1S/C22H32NO/c1-4-6-12-23(3,13-7-5-2)15-19-14-18-10-8-9-11-20(18)22-17-24-16-21(19)22/h8-11,14H,4-7,12-13,15-17H2,1-3H3/q+1. The summed E-state index contributed by atoms with van der Waals surface area (Å²) in [6.07, 6.45) is 5.18. The van der Waals surface area contributed by atoms with E-state index in [0.717, 1.165) is 24.2 Å². The molecule has 2 aromatic rings. The molecule has 24 heavy (non-hydrogen) atoms. The third kappa shape index (κ3) is 3.65. The molecule has 3 rings (SSSR count). The Balaban J connectivity index is 1.95. The number of nitrogens with zero attached hydrogens (tertiary/aromatic N) is 1. The van der Waals surface area contributed by atoms with Crippen molar-refractivity contribution in [3.05, 3.63) is 47.0 Å². The van der Waals surface area contributed by atoms with Crippen molar-refractivity contribution in [2.45, 2.75) is 59.3 Å². The summed E-state index contributed by atoms with van der Waals surface area (Å²) in [6, 6.07) is 11.2. The van der Waals surface area contributed by atoms with Crippen LogP contribution in [0.5, 0.6) is 0 Å². The third-order valence-electron chi connectivity index (χ3n) is 5.52. The largest absolute Gasteiger partial charge is 0.372 e. The summed E-state index contributed by atoms with van der Waals surface area (Å²) >= 11 is 0. The fraction of sp³-hybridized carbons (Fsp3) is 0.545. The van der Waals surface area contributed by atoms with Gasteiger partial charge in [-0.1, -0.05) is 51.0 Å². The molecule has 0 unspecified atom stereocenters. The van der Waals surface area contributed by atoms with Crippen LogP contribution in [-0.4, -0.2) is 24.6 Å². The number of benzene rings is 2. The summed E-state index contributed by atoms with van der Waals surface area (Å²) in [4.78, 5) is 0. The second-order valence-corrected chi connectivity index (χ2v) is 7.64. The Labute approximate surface area is 147 Å². The van der Waals surface area contributed by atoms with Crippen LogP contribution in [0.1, 0.15) is 56.2 Å². The smallest absolute Gasteiger partial charge is 0.105 e. The van der Waals surface area contributed by atoms with Crippen molar-refractivity contribution >= 4 is 10.8 Å². The first kappa shape index (κ1) is 17.4. The average molecular weight is 327 g/mol. The van der Waals surface area contributed by atoms with Crippen molar-refractivity contribution in [3.8, 4) is 0 Å². The molecule has 0 aliphatic carbocycles. The third-order valence-corrected chi connectivity index (χ3v) is 5.52. The van der Waals surface area contributed by atoms with Crippen LogP contribution in [0.4, 0.5) is 0 Å². The number of ether oxygens (including phenoxy) is 1. The zero-order chi connectivity index (χ0) is 17.0. The second-order valence-electron chi connectivity index (χ2n) is 7.64. The van der Waals surface area contributed by atoms with Crippen LogP contribution < -0.4 is 0 Å². The lowest BCUT2D eigenvalue weighted by molar-refractivity contribution is -0.923. The highest BCUT2D eigenvalue weighted by atomic mass is 16.5. The Morgan fingerprint density at radius 1 is 0.958 bits per heavy atom. The van der Waals surface area contributed by atoms with Crippen LogP contribution in [0.15, 0.2) is 30.3 Å². The Bertz CT molecular complexity index is 684. The van der Waals surface area contributed by atoms with E-state index >= 15 is 0 Å². The molecule has 0 radical (unpaired) electrons. The van der Waals surface area contributed by atoms with E-state index in [4.69, 9.17) is 4.74 Å². The molecule has 2 nitrogen and oxygen atoms in total. The maximum atomic E-state index is 5.83. The topological polar surface area (TPSA) is 9.23 Å². The van der Waals surface area contributed by atoms with E-state index in [1.54, 1.807) is 0 Å². The van der Waals surface area contributed by atoms with Crippen molar-refractivity contribution in [3.63, 3.8) is 0 Å². The molecule has 0 N–H and O–H groups in total. The Hall–Kier alpha value is -1.38. The number of rotatable bonds is 8. The van der Waals surface area contributed by atoms with Gasteiger partial charge < -0.3 is 9.22 Å². The summed E-state index contributed by atoms with van der Waals surface area (Å²) < 4.78 is 6.99. The quantitative estimate of drug-likeness (QED) is 0.589. The fourth-order valence-corrected chi connectivity index (χ4v) is 4.03. The van der Waals surface area contributed by atoms with E-state index < -0.39 is 0 Å². The minimum absolute atomic E-state index is 0.775. The van der Waals surface area contributed by atoms with E-state index in [9.17, 15) is 0 Å². The SMILES string of the molecule is CCCC[N+](C)(CCCC)Cc1cc2ccccc2c2c1COC2. The molecule has 0 spiro atoms. The summed E-state index contributed by atoms with van der Waals surface area (Å²) in [5.41, 5.74) is 4.41. The van der Waals surface area contributed by atoms with Gasteiger partial charge in [0.25, 0.3) is 0 Å². The summed E-state index contributed by atoms with van der Waals surface area (Å²) in [7, 11) is 2.45. The van der Waals surface area contributed by atoms with Gasteiger partial charge in [-0.25, -0.2) is 0 Å². The normalized spacial score (nSPS) is 14.3. The molecule has 130 valence electrons. The van der Waals surface area contributed by atoms with E-state index in [-0.39, 0.29) is 0 Å². The molecule has 2 aromatic carbocycles. The van der Waals surface area contributed by atoms with Gasteiger partial charge in [-0.3, -0.25) is 0 Å². The van der Waals surface area contributed by atoms with Crippen molar-refractivity contribution in [1.29, 1.82) is 0 Å². The summed E-state index contributed by atoms with van der Waals surface area (Å²) in [6.45, 7) is 9.85.